The Bertz CT molecular complexity index is 2370. The number of hydrogen-bond acceptors (Lipinski definition) is 6. The third kappa shape index (κ3) is 6.13. The summed E-state index contributed by atoms with van der Waals surface area (Å²) in [4.78, 5) is 18.2. The van der Waals surface area contributed by atoms with Gasteiger partial charge in [0, 0.05) is 83.6 Å². The fraction of sp³-hybridized carbons (Fsp3) is 0. The summed E-state index contributed by atoms with van der Waals surface area (Å²) < 4.78 is 0. The molecule has 2 aliphatic rings. The number of aromatic amines is 2. The first-order valence-electron chi connectivity index (χ1n) is 17.0. The predicted octanol–water partition coefficient (Wildman–Crippen LogP) is 9.65. The van der Waals surface area contributed by atoms with Crippen molar-refractivity contribution in [1.29, 1.82) is 0 Å². The van der Waals surface area contributed by atoms with Crippen LogP contribution in [0.15, 0.2) is 121 Å². The topological polar surface area (TPSA) is 161 Å². The Kier molecular flexibility index (Phi) is 8.41. The molecule has 10 N–H and O–H groups in total. The largest absolute Gasteiger partial charge is 0.399 e. The van der Waals surface area contributed by atoms with E-state index < -0.39 is 0 Å². The molecule has 0 saturated carbocycles. The van der Waals surface area contributed by atoms with Crippen molar-refractivity contribution in [3.05, 3.63) is 144 Å². The molecule has 0 radical (unpaired) electrons. The molecule has 9 heteroatoms. The van der Waals surface area contributed by atoms with E-state index >= 15 is 0 Å². The average molecular weight is 734 g/mol. The average Bonchev–Trinajstić information content (AvgIpc) is 3.99. The van der Waals surface area contributed by atoms with Crippen molar-refractivity contribution in [3.63, 3.8) is 0 Å². The number of rotatable bonds is 4. The van der Waals surface area contributed by atoms with E-state index in [9.17, 15) is 0 Å². The Morgan fingerprint density at radius 3 is 0.717 bits per heavy atom. The number of benzene rings is 4. The second-order valence-electron chi connectivity index (χ2n) is 13.0. The fourth-order valence-corrected chi connectivity index (χ4v) is 7.02. The van der Waals surface area contributed by atoms with Crippen LogP contribution in [0.3, 0.4) is 0 Å². The van der Waals surface area contributed by atoms with Gasteiger partial charge in [0.1, 0.15) is 0 Å². The summed E-state index contributed by atoms with van der Waals surface area (Å²) in [6.45, 7) is 0. The molecule has 260 valence electrons. The molecule has 7 aromatic rings. The van der Waals surface area contributed by atoms with Crippen LogP contribution in [0.5, 0.6) is 0 Å². The Hall–Kier alpha value is -6.83. The Labute approximate surface area is 315 Å². The fourth-order valence-electron chi connectivity index (χ4n) is 7.02. The minimum Gasteiger partial charge on any atom is -0.399 e. The summed E-state index contributed by atoms with van der Waals surface area (Å²) in [7, 11) is 0. The molecule has 0 saturated heterocycles. The minimum absolute atomic E-state index is 0. The van der Waals surface area contributed by atoms with Crippen LogP contribution in [-0.2, 0) is 16.5 Å². The number of aromatic nitrogens is 4. The second kappa shape index (κ2) is 13.4. The Morgan fingerprint density at radius 2 is 0.509 bits per heavy atom. The van der Waals surface area contributed by atoms with Crippen LogP contribution >= 0.6 is 0 Å². The van der Waals surface area contributed by atoms with Gasteiger partial charge in [0.15, 0.2) is 0 Å². The van der Waals surface area contributed by atoms with Gasteiger partial charge < -0.3 is 32.9 Å². The number of hydrogen-bond donors (Lipinski definition) is 6. The summed E-state index contributed by atoms with van der Waals surface area (Å²) in [5, 5.41) is 0. The number of nitrogens with two attached hydrogens (primary N) is 4. The van der Waals surface area contributed by atoms with E-state index in [0.29, 0.717) is 22.7 Å². The van der Waals surface area contributed by atoms with Crippen molar-refractivity contribution in [2.75, 3.05) is 22.9 Å². The smallest absolute Gasteiger partial charge is 0.0737 e. The van der Waals surface area contributed by atoms with Crippen LogP contribution in [0.2, 0.25) is 0 Å². The van der Waals surface area contributed by atoms with Crippen LogP contribution in [0, 0.1) is 0 Å². The molecule has 0 atom stereocenters. The number of nitrogen functional groups attached to an aromatic ring is 4. The van der Waals surface area contributed by atoms with Crippen molar-refractivity contribution in [1.82, 2.24) is 19.9 Å². The van der Waals surface area contributed by atoms with Gasteiger partial charge in [-0.1, -0.05) is 48.5 Å². The quantitative estimate of drug-likeness (QED) is 0.0780. The molecule has 9 rings (SSSR count). The Balaban J connectivity index is 0.00000400. The maximum absolute atomic E-state index is 6.15. The molecule has 3 aromatic heterocycles. The first kappa shape index (κ1) is 33.3. The molecule has 0 amide bonds. The number of nitrogens with one attached hydrogen (secondary N) is 2. The number of H-pyrrole nitrogens is 2. The number of fused-ring (bicyclic) bond motifs is 8. The predicted molar refractivity (Wildman–Crippen MR) is 218 cm³/mol. The summed E-state index contributed by atoms with van der Waals surface area (Å²) in [6.07, 6.45) is 8.29. The molecule has 4 aromatic carbocycles. The van der Waals surface area contributed by atoms with Crippen LogP contribution in [0.1, 0.15) is 22.8 Å². The molecule has 0 fully saturated rings. The SMILES string of the molecule is Nc1ccc(-c2c3nc(c(-c4ccc(N)cc4)c4ccc([nH]4)c(-c4ccc(N)cc4)c4nc(c(-c5ccc(N)cc5)c5ccc2[nH]5)C=C4)C=C3)cc1.[Ni]. The number of anilines is 4. The van der Waals surface area contributed by atoms with E-state index in [2.05, 4.69) is 58.5 Å². The summed E-state index contributed by atoms with van der Waals surface area (Å²) in [6, 6.07) is 40.0. The first-order valence-corrected chi connectivity index (χ1v) is 17.0. The van der Waals surface area contributed by atoms with Gasteiger partial charge in [0.25, 0.3) is 0 Å². The minimum atomic E-state index is 0. The van der Waals surface area contributed by atoms with E-state index in [-0.39, 0.29) is 16.5 Å². The molecule has 8 nitrogen and oxygen atoms in total. The summed E-state index contributed by atoms with van der Waals surface area (Å²) in [5.41, 5.74) is 41.9. The summed E-state index contributed by atoms with van der Waals surface area (Å²) in [5.74, 6) is 0. The zero-order valence-corrected chi connectivity index (χ0v) is 29.4. The molecule has 0 unspecified atom stereocenters. The monoisotopic (exact) mass is 732 g/mol. The van der Waals surface area contributed by atoms with Gasteiger partial charge in [-0.05, 0) is 119 Å². The van der Waals surface area contributed by atoms with Gasteiger partial charge in [-0.25, -0.2) is 9.97 Å². The Morgan fingerprint density at radius 1 is 0.302 bits per heavy atom. The maximum Gasteiger partial charge on any atom is 0.0737 e. The molecule has 8 bridgehead atoms. The van der Waals surface area contributed by atoms with Gasteiger partial charge in [-0.15, -0.1) is 0 Å². The van der Waals surface area contributed by atoms with Crippen LogP contribution in [0.25, 0.3) is 90.9 Å². The van der Waals surface area contributed by atoms with Gasteiger partial charge in [0.05, 0.1) is 22.8 Å². The molecule has 2 aliphatic heterocycles. The van der Waals surface area contributed by atoms with E-state index in [1.54, 1.807) is 0 Å². The van der Waals surface area contributed by atoms with E-state index in [1.807, 2.05) is 97.1 Å². The van der Waals surface area contributed by atoms with Gasteiger partial charge in [-0.2, -0.15) is 0 Å². The molecule has 0 aliphatic carbocycles. The van der Waals surface area contributed by atoms with E-state index in [0.717, 1.165) is 89.4 Å². The third-order valence-electron chi connectivity index (χ3n) is 9.55. The first-order chi connectivity index (χ1) is 25.4. The molecule has 0 spiro atoms. The standard InChI is InChI=1S/C44H34N8.Ni/c45-29-9-1-25(2-10-29)41-33-17-19-35(49-33)42(26-3-11-30(46)12-4-26)37-21-23-39(51-37)44(28-7-15-32(48)16-8-28)40-24-22-38(52-40)43(36-20-18-34(41)50-36)27-5-13-31(47)14-6-27;/h1-24,49,52H,45-48H2;. The van der Waals surface area contributed by atoms with Gasteiger partial charge in [0.2, 0.25) is 0 Å². The van der Waals surface area contributed by atoms with Crippen molar-refractivity contribution in [3.8, 4) is 44.5 Å². The van der Waals surface area contributed by atoms with Gasteiger partial charge >= 0.3 is 0 Å². The zero-order chi connectivity index (χ0) is 35.3. The van der Waals surface area contributed by atoms with Crippen molar-refractivity contribution < 1.29 is 16.5 Å². The van der Waals surface area contributed by atoms with Crippen molar-refractivity contribution in [2.24, 2.45) is 0 Å². The molecular weight excluding hydrogens is 699 g/mol. The normalized spacial score (nSPS) is 11.8. The van der Waals surface area contributed by atoms with Crippen LogP contribution in [-0.4, -0.2) is 19.9 Å². The number of nitrogens with zero attached hydrogens (tertiary/aromatic N) is 2. The second-order valence-corrected chi connectivity index (χ2v) is 13.0. The van der Waals surface area contributed by atoms with Crippen molar-refractivity contribution in [2.45, 2.75) is 0 Å². The van der Waals surface area contributed by atoms with Crippen LogP contribution in [0.4, 0.5) is 22.7 Å². The van der Waals surface area contributed by atoms with Crippen LogP contribution < -0.4 is 22.9 Å². The zero-order valence-electron chi connectivity index (χ0n) is 28.4. The molecule has 53 heavy (non-hydrogen) atoms. The van der Waals surface area contributed by atoms with E-state index in [1.165, 1.54) is 0 Å². The van der Waals surface area contributed by atoms with Gasteiger partial charge in [-0.3, -0.25) is 0 Å². The maximum atomic E-state index is 6.15. The molecule has 5 heterocycles. The van der Waals surface area contributed by atoms with E-state index in [4.69, 9.17) is 32.9 Å². The third-order valence-corrected chi connectivity index (χ3v) is 9.55. The van der Waals surface area contributed by atoms with Crippen molar-refractivity contribution >= 4 is 69.1 Å². The summed E-state index contributed by atoms with van der Waals surface area (Å²) >= 11 is 0. The molecular formula is C44H34N8Ni.